The molecule has 0 bridgehead atoms. The van der Waals surface area contributed by atoms with E-state index in [1.54, 1.807) is 12.1 Å². The number of nitrogens with zero attached hydrogens (tertiary/aromatic N) is 1. The number of aromatic nitrogens is 1. The van der Waals surface area contributed by atoms with Crippen molar-refractivity contribution in [1.82, 2.24) is 4.98 Å². The van der Waals surface area contributed by atoms with Crippen molar-refractivity contribution in [2.75, 3.05) is 13.2 Å². The Balaban J connectivity index is 2.17. The minimum absolute atomic E-state index is 0.139. The molecule has 0 radical (unpaired) electrons. The lowest BCUT2D eigenvalue weighted by molar-refractivity contribution is 0.173. The average molecular weight is 287 g/mol. The predicted octanol–water partition coefficient (Wildman–Crippen LogP) is 2.75. The molecule has 3 rings (SSSR count). The second-order valence-electron chi connectivity index (χ2n) is 4.79. The number of hydrogen-bond donors (Lipinski definition) is 1. The molecular formula is C12H12Cl2N2O2. The Kier molecular flexibility index (Phi) is 2.79. The molecule has 1 aliphatic heterocycles. The van der Waals surface area contributed by atoms with Crippen molar-refractivity contribution in [3.05, 3.63) is 28.1 Å². The monoisotopic (exact) mass is 286 g/mol. The number of oxazole rings is 1. The molecule has 6 heteroatoms. The summed E-state index contributed by atoms with van der Waals surface area (Å²) in [6.07, 6.45) is 0. The van der Waals surface area contributed by atoms with E-state index in [1.165, 1.54) is 0 Å². The zero-order valence-corrected chi connectivity index (χ0v) is 11.3. The van der Waals surface area contributed by atoms with Crippen LogP contribution in [0.5, 0.6) is 0 Å². The summed E-state index contributed by atoms with van der Waals surface area (Å²) in [5.41, 5.74) is 6.81. The molecule has 0 amide bonds. The summed E-state index contributed by atoms with van der Waals surface area (Å²) in [5, 5.41) is 0.983. The first kappa shape index (κ1) is 12.2. The Hall–Kier alpha value is -0.810. The summed E-state index contributed by atoms with van der Waals surface area (Å²) in [6.45, 7) is 2.97. The maximum atomic E-state index is 6.08. The van der Waals surface area contributed by atoms with Crippen molar-refractivity contribution in [3.63, 3.8) is 0 Å². The van der Waals surface area contributed by atoms with Gasteiger partial charge in [-0.2, -0.15) is 0 Å². The molecule has 4 nitrogen and oxygen atoms in total. The van der Waals surface area contributed by atoms with Crippen molar-refractivity contribution in [2.45, 2.75) is 18.4 Å². The average Bonchev–Trinajstić information content (AvgIpc) is 2.85. The van der Waals surface area contributed by atoms with Gasteiger partial charge in [0.05, 0.1) is 23.7 Å². The van der Waals surface area contributed by atoms with Crippen LogP contribution in [0.1, 0.15) is 12.8 Å². The molecule has 2 heterocycles. The van der Waals surface area contributed by atoms with Gasteiger partial charge in [-0.15, -0.1) is 0 Å². The smallest absolute Gasteiger partial charge is 0.205 e. The third kappa shape index (κ3) is 1.72. The van der Waals surface area contributed by atoms with E-state index in [9.17, 15) is 0 Å². The number of fused-ring (bicyclic) bond motifs is 1. The van der Waals surface area contributed by atoms with Gasteiger partial charge in [-0.3, -0.25) is 0 Å². The number of hydrogen-bond acceptors (Lipinski definition) is 4. The molecular weight excluding hydrogens is 275 g/mol. The van der Waals surface area contributed by atoms with Gasteiger partial charge in [0, 0.05) is 11.1 Å². The quantitative estimate of drug-likeness (QED) is 0.876. The molecule has 1 saturated heterocycles. The molecule has 2 N–H and O–H groups in total. The molecule has 1 aromatic heterocycles. The first-order chi connectivity index (χ1) is 8.50. The summed E-state index contributed by atoms with van der Waals surface area (Å²) in [7, 11) is 0. The standard InChI is InChI=1S/C12H12Cl2N2O2/c1-12(5-17-4-9(12)15)11-16-8-3-6(13)2-7(14)10(8)18-11/h2-3,9H,4-5,15H2,1H3. The van der Waals surface area contributed by atoms with Gasteiger partial charge in [0.25, 0.3) is 0 Å². The van der Waals surface area contributed by atoms with Crippen LogP contribution in [-0.4, -0.2) is 24.2 Å². The first-order valence-corrected chi connectivity index (χ1v) is 6.36. The van der Waals surface area contributed by atoms with Gasteiger partial charge >= 0.3 is 0 Å². The lowest BCUT2D eigenvalue weighted by atomic mass is 9.86. The van der Waals surface area contributed by atoms with E-state index in [2.05, 4.69) is 4.98 Å². The van der Waals surface area contributed by atoms with Gasteiger partial charge in [-0.25, -0.2) is 4.98 Å². The molecule has 18 heavy (non-hydrogen) atoms. The van der Waals surface area contributed by atoms with Gasteiger partial charge in [0.2, 0.25) is 5.89 Å². The third-order valence-electron chi connectivity index (χ3n) is 3.42. The summed E-state index contributed by atoms with van der Waals surface area (Å²) in [4.78, 5) is 4.44. The SMILES string of the molecule is CC1(c2nc3cc(Cl)cc(Cl)c3o2)COCC1N. The Morgan fingerprint density at radius 2 is 2.22 bits per heavy atom. The highest BCUT2D eigenvalue weighted by atomic mass is 35.5. The van der Waals surface area contributed by atoms with E-state index in [0.717, 1.165) is 0 Å². The maximum absolute atomic E-state index is 6.08. The molecule has 2 atom stereocenters. The van der Waals surface area contributed by atoms with Crippen LogP contribution < -0.4 is 5.73 Å². The zero-order chi connectivity index (χ0) is 12.9. The lowest BCUT2D eigenvalue weighted by Gasteiger charge is -2.22. The van der Waals surface area contributed by atoms with Crippen molar-refractivity contribution < 1.29 is 9.15 Å². The number of ether oxygens (including phenoxy) is 1. The highest BCUT2D eigenvalue weighted by molar-refractivity contribution is 6.37. The van der Waals surface area contributed by atoms with Crippen LogP contribution >= 0.6 is 23.2 Å². The second-order valence-corrected chi connectivity index (χ2v) is 5.64. The number of halogens is 2. The van der Waals surface area contributed by atoms with E-state index in [-0.39, 0.29) is 6.04 Å². The van der Waals surface area contributed by atoms with Crippen molar-refractivity contribution in [1.29, 1.82) is 0 Å². The van der Waals surface area contributed by atoms with Gasteiger partial charge in [0.1, 0.15) is 5.52 Å². The highest BCUT2D eigenvalue weighted by Crippen LogP contribution is 2.36. The number of nitrogens with two attached hydrogens (primary N) is 1. The normalized spacial score (nSPS) is 28.1. The van der Waals surface area contributed by atoms with E-state index in [1.807, 2.05) is 6.92 Å². The Labute approximate surface area is 114 Å². The fourth-order valence-corrected chi connectivity index (χ4v) is 2.63. The fourth-order valence-electron chi connectivity index (χ4n) is 2.11. The van der Waals surface area contributed by atoms with Crippen molar-refractivity contribution >= 4 is 34.3 Å². The number of rotatable bonds is 1. The van der Waals surface area contributed by atoms with Crippen LogP contribution in [-0.2, 0) is 10.2 Å². The third-order valence-corrected chi connectivity index (χ3v) is 3.91. The molecule has 1 aromatic carbocycles. The maximum Gasteiger partial charge on any atom is 0.205 e. The Bertz CT molecular complexity index is 613. The number of benzene rings is 1. The van der Waals surface area contributed by atoms with E-state index in [0.29, 0.717) is 40.2 Å². The molecule has 2 aromatic rings. The molecule has 0 saturated carbocycles. The lowest BCUT2D eigenvalue weighted by Crippen LogP contribution is -2.42. The van der Waals surface area contributed by atoms with Crippen LogP contribution in [0.15, 0.2) is 16.5 Å². The van der Waals surface area contributed by atoms with Gasteiger partial charge in [0.15, 0.2) is 5.58 Å². The first-order valence-electron chi connectivity index (χ1n) is 5.60. The van der Waals surface area contributed by atoms with Gasteiger partial charge in [-0.05, 0) is 19.1 Å². The Morgan fingerprint density at radius 1 is 1.44 bits per heavy atom. The molecule has 1 aliphatic rings. The fraction of sp³-hybridized carbons (Fsp3) is 0.417. The van der Waals surface area contributed by atoms with E-state index >= 15 is 0 Å². The van der Waals surface area contributed by atoms with Crippen LogP contribution in [0.2, 0.25) is 10.0 Å². The van der Waals surface area contributed by atoms with Crippen molar-refractivity contribution in [2.24, 2.45) is 5.73 Å². The second kappa shape index (κ2) is 4.10. The minimum Gasteiger partial charge on any atom is -0.438 e. The molecule has 0 aliphatic carbocycles. The van der Waals surface area contributed by atoms with E-state index < -0.39 is 5.41 Å². The van der Waals surface area contributed by atoms with Crippen molar-refractivity contribution in [3.8, 4) is 0 Å². The highest BCUT2D eigenvalue weighted by Gasteiger charge is 2.43. The van der Waals surface area contributed by atoms with Gasteiger partial charge < -0.3 is 14.9 Å². The van der Waals surface area contributed by atoms with Crippen LogP contribution in [0.25, 0.3) is 11.1 Å². The van der Waals surface area contributed by atoms with Crippen LogP contribution in [0.4, 0.5) is 0 Å². The molecule has 2 unspecified atom stereocenters. The molecule has 0 spiro atoms. The zero-order valence-electron chi connectivity index (χ0n) is 9.74. The molecule has 96 valence electrons. The summed E-state index contributed by atoms with van der Waals surface area (Å²) < 4.78 is 11.1. The minimum atomic E-state index is -0.422. The van der Waals surface area contributed by atoms with E-state index in [4.69, 9.17) is 38.1 Å². The largest absolute Gasteiger partial charge is 0.438 e. The predicted molar refractivity (Wildman–Crippen MR) is 70.2 cm³/mol. The summed E-state index contributed by atoms with van der Waals surface area (Å²) in [5.74, 6) is 0.548. The Morgan fingerprint density at radius 3 is 2.89 bits per heavy atom. The molecule has 1 fully saturated rings. The summed E-state index contributed by atoms with van der Waals surface area (Å²) in [6, 6.07) is 3.22. The summed E-state index contributed by atoms with van der Waals surface area (Å²) >= 11 is 12.0. The van der Waals surface area contributed by atoms with Crippen LogP contribution in [0, 0.1) is 0 Å². The topological polar surface area (TPSA) is 61.3 Å². The van der Waals surface area contributed by atoms with Crippen LogP contribution in [0.3, 0.4) is 0 Å². The van der Waals surface area contributed by atoms with Gasteiger partial charge in [-0.1, -0.05) is 23.2 Å².